The van der Waals surface area contributed by atoms with Crippen molar-refractivity contribution in [1.29, 1.82) is 0 Å². The Bertz CT molecular complexity index is 374. The van der Waals surface area contributed by atoms with Crippen LogP contribution >= 0.6 is 0 Å². The van der Waals surface area contributed by atoms with Crippen LogP contribution in [0.25, 0.3) is 0 Å². The highest BCUT2D eigenvalue weighted by atomic mass is 16.5. The number of carboxylic acids is 1. The summed E-state index contributed by atoms with van der Waals surface area (Å²) in [6.45, 7) is 5.40. The molecular weight excluding hydrogens is 248 g/mol. The average Bonchev–Trinajstić information content (AvgIpc) is 2.93. The topological polar surface area (TPSA) is 78.9 Å². The predicted molar refractivity (Wildman–Crippen MR) is 68.9 cm³/mol. The van der Waals surface area contributed by atoms with Gasteiger partial charge in [-0.15, -0.1) is 0 Å². The van der Waals surface area contributed by atoms with Gasteiger partial charge in [-0.05, 0) is 33.1 Å². The van der Waals surface area contributed by atoms with Crippen LogP contribution < -0.4 is 5.32 Å². The number of amides is 2. The quantitative estimate of drug-likeness (QED) is 0.803. The van der Waals surface area contributed by atoms with Crippen molar-refractivity contribution in [3.8, 4) is 0 Å². The van der Waals surface area contributed by atoms with Crippen LogP contribution in [0, 0.1) is 5.92 Å². The van der Waals surface area contributed by atoms with Crippen LogP contribution in [0.1, 0.15) is 33.1 Å². The van der Waals surface area contributed by atoms with Gasteiger partial charge < -0.3 is 20.1 Å². The molecule has 0 bridgehead atoms. The van der Waals surface area contributed by atoms with E-state index in [0.29, 0.717) is 25.4 Å². The van der Waals surface area contributed by atoms with E-state index in [2.05, 4.69) is 5.32 Å². The van der Waals surface area contributed by atoms with Crippen molar-refractivity contribution < 1.29 is 19.4 Å². The van der Waals surface area contributed by atoms with Crippen molar-refractivity contribution in [3.63, 3.8) is 0 Å². The Balaban J connectivity index is 1.91. The highest BCUT2D eigenvalue weighted by Gasteiger charge is 2.46. The van der Waals surface area contributed by atoms with Gasteiger partial charge in [0.15, 0.2) is 0 Å². The molecule has 2 heterocycles. The number of likely N-dealkylation sites (tertiary alicyclic amines) is 1. The molecule has 2 fully saturated rings. The molecule has 0 aromatic rings. The maximum absolute atomic E-state index is 12.1. The Kier molecular flexibility index (Phi) is 3.99. The van der Waals surface area contributed by atoms with Gasteiger partial charge in [0, 0.05) is 25.6 Å². The highest BCUT2D eigenvalue weighted by molar-refractivity contribution is 5.86. The van der Waals surface area contributed by atoms with Gasteiger partial charge in [0.25, 0.3) is 0 Å². The van der Waals surface area contributed by atoms with E-state index in [1.54, 1.807) is 6.92 Å². The molecule has 2 aliphatic heterocycles. The molecule has 0 saturated carbocycles. The number of nitrogens with zero attached hydrogens (tertiary/aromatic N) is 1. The average molecular weight is 270 g/mol. The van der Waals surface area contributed by atoms with Crippen molar-refractivity contribution in [3.05, 3.63) is 0 Å². The standard InChI is InChI=1S/C13H22N2O4/c1-9-10(4-7-19-9)8-14-12(18)15-6-3-5-13(15,2)11(16)17/h9-10H,3-8H2,1-2H3,(H,14,18)(H,16,17). The summed E-state index contributed by atoms with van der Waals surface area (Å²) in [5.74, 6) is -0.611. The van der Waals surface area contributed by atoms with Crippen LogP contribution in [0.4, 0.5) is 4.79 Å². The fraction of sp³-hybridized carbons (Fsp3) is 0.846. The Morgan fingerprint density at radius 2 is 2.26 bits per heavy atom. The molecule has 0 aromatic heterocycles. The third kappa shape index (κ3) is 2.68. The summed E-state index contributed by atoms with van der Waals surface area (Å²) in [6.07, 6.45) is 2.35. The van der Waals surface area contributed by atoms with E-state index in [4.69, 9.17) is 4.74 Å². The molecule has 0 spiro atoms. The minimum atomic E-state index is -1.07. The van der Waals surface area contributed by atoms with Crippen LogP contribution in [-0.2, 0) is 9.53 Å². The van der Waals surface area contributed by atoms with E-state index in [9.17, 15) is 14.7 Å². The summed E-state index contributed by atoms with van der Waals surface area (Å²) < 4.78 is 5.44. The lowest BCUT2D eigenvalue weighted by Gasteiger charge is -2.31. The van der Waals surface area contributed by atoms with Crippen molar-refractivity contribution in [2.24, 2.45) is 5.92 Å². The predicted octanol–water partition coefficient (Wildman–Crippen LogP) is 1.06. The summed E-state index contributed by atoms with van der Waals surface area (Å²) in [5, 5.41) is 12.1. The van der Waals surface area contributed by atoms with Crippen LogP contribution in [-0.4, -0.2) is 53.3 Å². The monoisotopic (exact) mass is 270 g/mol. The molecule has 6 nitrogen and oxygen atoms in total. The zero-order chi connectivity index (χ0) is 14.0. The molecule has 3 atom stereocenters. The summed E-state index contributed by atoms with van der Waals surface area (Å²) in [7, 11) is 0. The largest absolute Gasteiger partial charge is 0.480 e. The van der Waals surface area contributed by atoms with Gasteiger partial charge in [0.1, 0.15) is 5.54 Å². The number of carboxylic acid groups (broad SMARTS) is 1. The molecule has 2 saturated heterocycles. The first-order valence-corrected chi connectivity index (χ1v) is 6.85. The molecule has 0 aromatic carbocycles. The molecule has 2 rings (SSSR count). The Labute approximate surface area is 113 Å². The van der Waals surface area contributed by atoms with Gasteiger partial charge in [-0.2, -0.15) is 0 Å². The van der Waals surface area contributed by atoms with Gasteiger partial charge in [0.05, 0.1) is 6.10 Å². The Hall–Kier alpha value is -1.30. The molecule has 0 aliphatic carbocycles. The van der Waals surface area contributed by atoms with Crippen molar-refractivity contribution in [1.82, 2.24) is 10.2 Å². The highest BCUT2D eigenvalue weighted by Crippen LogP contribution is 2.29. The maximum Gasteiger partial charge on any atom is 0.329 e. The minimum Gasteiger partial charge on any atom is -0.480 e. The number of nitrogens with one attached hydrogen (secondary N) is 1. The lowest BCUT2D eigenvalue weighted by atomic mass is 9.99. The Morgan fingerprint density at radius 3 is 2.84 bits per heavy atom. The lowest BCUT2D eigenvalue weighted by molar-refractivity contribution is -0.147. The van der Waals surface area contributed by atoms with E-state index in [1.807, 2.05) is 6.92 Å². The van der Waals surface area contributed by atoms with Gasteiger partial charge in [-0.25, -0.2) is 9.59 Å². The number of ether oxygens (including phenoxy) is 1. The molecule has 108 valence electrons. The fourth-order valence-electron chi connectivity index (χ4n) is 2.87. The SMILES string of the molecule is CC1OCCC1CNC(=O)N1CCCC1(C)C(=O)O. The van der Waals surface area contributed by atoms with Crippen LogP contribution in [0.3, 0.4) is 0 Å². The number of rotatable bonds is 3. The first-order valence-electron chi connectivity index (χ1n) is 6.85. The van der Waals surface area contributed by atoms with E-state index in [1.165, 1.54) is 4.90 Å². The number of aliphatic carboxylic acids is 1. The fourth-order valence-corrected chi connectivity index (χ4v) is 2.87. The molecule has 0 radical (unpaired) electrons. The molecular formula is C13H22N2O4. The molecule has 2 N–H and O–H groups in total. The lowest BCUT2D eigenvalue weighted by Crippen LogP contribution is -2.54. The van der Waals surface area contributed by atoms with Crippen molar-refractivity contribution >= 4 is 12.0 Å². The summed E-state index contributed by atoms with van der Waals surface area (Å²) in [6, 6.07) is -0.276. The molecule has 2 amide bonds. The first kappa shape index (κ1) is 14.1. The number of carbonyl (C=O) groups is 2. The molecule has 3 unspecified atom stereocenters. The summed E-state index contributed by atoms with van der Waals surface area (Å²) >= 11 is 0. The molecule has 19 heavy (non-hydrogen) atoms. The second-order valence-electron chi connectivity index (χ2n) is 5.64. The summed E-state index contributed by atoms with van der Waals surface area (Å²) in [5.41, 5.74) is -1.07. The maximum atomic E-state index is 12.1. The number of carbonyl (C=O) groups excluding carboxylic acids is 1. The second-order valence-corrected chi connectivity index (χ2v) is 5.64. The molecule has 2 aliphatic rings. The third-order valence-corrected chi connectivity index (χ3v) is 4.40. The third-order valence-electron chi connectivity index (χ3n) is 4.40. The molecule has 6 heteroatoms. The first-order chi connectivity index (χ1) is 8.95. The van der Waals surface area contributed by atoms with Gasteiger partial charge in [0.2, 0.25) is 0 Å². The number of hydrogen-bond donors (Lipinski definition) is 2. The zero-order valence-corrected chi connectivity index (χ0v) is 11.5. The van der Waals surface area contributed by atoms with E-state index in [0.717, 1.165) is 19.4 Å². The van der Waals surface area contributed by atoms with Gasteiger partial charge in [-0.3, -0.25) is 0 Å². The van der Waals surface area contributed by atoms with E-state index >= 15 is 0 Å². The minimum absolute atomic E-state index is 0.157. The van der Waals surface area contributed by atoms with E-state index in [-0.39, 0.29) is 12.1 Å². The van der Waals surface area contributed by atoms with Crippen LogP contribution in [0.15, 0.2) is 0 Å². The van der Waals surface area contributed by atoms with Gasteiger partial charge in [-0.1, -0.05) is 0 Å². The summed E-state index contributed by atoms with van der Waals surface area (Å²) in [4.78, 5) is 24.9. The number of hydrogen-bond acceptors (Lipinski definition) is 3. The van der Waals surface area contributed by atoms with Crippen molar-refractivity contribution in [2.75, 3.05) is 19.7 Å². The smallest absolute Gasteiger partial charge is 0.329 e. The second kappa shape index (κ2) is 5.36. The zero-order valence-electron chi connectivity index (χ0n) is 11.5. The van der Waals surface area contributed by atoms with Crippen LogP contribution in [0.5, 0.6) is 0 Å². The van der Waals surface area contributed by atoms with E-state index < -0.39 is 11.5 Å². The number of urea groups is 1. The van der Waals surface area contributed by atoms with Crippen molar-refractivity contribution in [2.45, 2.75) is 44.8 Å². The van der Waals surface area contributed by atoms with Gasteiger partial charge >= 0.3 is 12.0 Å². The van der Waals surface area contributed by atoms with Crippen LogP contribution in [0.2, 0.25) is 0 Å². The Morgan fingerprint density at radius 1 is 1.53 bits per heavy atom. The normalized spacial score (nSPS) is 34.5.